The molecule has 0 spiro atoms. The first kappa shape index (κ1) is 12.2. The van der Waals surface area contributed by atoms with Crippen molar-refractivity contribution in [2.45, 2.75) is 19.4 Å². The van der Waals surface area contributed by atoms with Gasteiger partial charge in [0.15, 0.2) is 0 Å². The molecule has 1 aromatic heterocycles. The number of nitrogens with zero attached hydrogens (tertiary/aromatic N) is 1. The summed E-state index contributed by atoms with van der Waals surface area (Å²) in [5.41, 5.74) is 5.62. The number of nitrogens with two attached hydrogens (primary N) is 1. The summed E-state index contributed by atoms with van der Waals surface area (Å²) in [6.45, 7) is 1.95. The van der Waals surface area contributed by atoms with E-state index in [4.69, 9.17) is 14.9 Å². The Kier molecular flexibility index (Phi) is 4.01. The lowest BCUT2D eigenvalue weighted by atomic mass is 10.2. The van der Waals surface area contributed by atoms with Crippen LogP contribution in [0.1, 0.15) is 25.1 Å². The van der Waals surface area contributed by atoms with Gasteiger partial charge < -0.3 is 14.9 Å². The summed E-state index contributed by atoms with van der Waals surface area (Å²) < 4.78 is 9.55. The Morgan fingerprint density at radius 2 is 2.38 bits per heavy atom. The zero-order chi connectivity index (χ0) is 12.1. The molecule has 0 fully saturated rings. The monoisotopic (exact) mass is 228 g/mol. The van der Waals surface area contributed by atoms with Crippen molar-refractivity contribution in [1.82, 2.24) is 0 Å². The molecule has 1 heterocycles. The van der Waals surface area contributed by atoms with Crippen LogP contribution in [0.5, 0.6) is 0 Å². The number of hydrogen-bond donors (Lipinski definition) is 1. The summed E-state index contributed by atoms with van der Waals surface area (Å²) in [7, 11) is 0. The lowest BCUT2D eigenvalue weighted by Crippen LogP contribution is -2.16. The number of nitro groups is 1. The molecule has 0 radical (unpaired) electrons. The van der Waals surface area contributed by atoms with Crippen LogP contribution in [0, 0.1) is 10.1 Å². The predicted octanol–water partition coefficient (Wildman–Crippen LogP) is 1.14. The van der Waals surface area contributed by atoms with E-state index in [9.17, 15) is 14.9 Å². The molecule has 7 heteroatoms. The molecule has 1 atom stereocenters. The van der Waals surface area contributed by atoms with Crippen LogP contribution in [0.2, 0.25) is 0 Å². The van der Waals surface area contributed by atoms with E-state index in [1.165, 1.54) is 12.1 Å². The lowest BCUT2D eigenvalue weighted by Gasteiger charge is -2.06. The van der Waals surface area contributed by atoms with E-state index in [2.05, 4.69) is 0 Å². The highest BCUT2D eigenvalue weighted by Crippen LogP contribution is 2.22. The number of ether oxygens (including phenoxy) is 1. The smallest absolute Gasteiger partial charge is 0.433 e. The normalized spacial score (nSPS) is 12.1. The molecule has 2 N–H and O–H groups in total. The minimum absolute atomic E-state index is 0.0709. The number of esters is 1. The van der Waals surface area contributed by atoms with Crippen LogP contribution in [-0.2, 0) is 9.53 Å². The van der Waals surface area contributed by atoms with Gasteiger partial charge in [0, 0.05) is 0 Å². The van der Waals surface area contributed by atoms with Gasteiger partial charge in [-0.3, -0.25) is 14.9 Å². The second-order valence-corrected chi connectivity index (χ2v) is 3.05. The number of carbonyl (C=O) groups excluding carboxylic acids is 1. The maximum Gasteiger partial charge on any atom is 0.433 e. The molecular weight excluding hydrogens is 216 g/mol. The number of rotatable bonds is 5. The summed E-state index contributed by atoms with van der Waals surface area (Å²) in [4.78, 5) is 20.8. The summed E-state index contributed by atoms with van der Waals surface area (Å²) in [6.07, 6.45) is -0.0709. The Morgan fingerprint density at radius 1 is 1.69 bits per heavy atom. The third-order valence-electron chi connectivity index (χ3n) is 1.85. The summed E-state index contributed by atoms with van der Waals surface area (Å²) in [5, 5.41) is 10.3. The molecule has 1 rings (SSSR count). The van der Waals surface area contributed by atoms with Crippen molar-refractivity contribution in [3.63, 3.8) is 0 Å². The van der Waals surface area contributed by atoms with E-state index in [0.717, 1.165) is 0 Å². The van der Waals surface area contributed by atoms with E-state index in [1.807, 2.05) is 0 Å². The van der Waals surface area contributed by atoms with E-state index < -0.39 is 22.8 Å². The summed E-state index contributed by atoms with van der Waals surface area (Å²) >= 11 is 0. The maximum atomic E-state index is 11.1. The molecule has 0 aliphatic heterocycles. The van der Waals surface area contributed by atoms with Crippen LogP contribution in [-0.4, -0.2) is 17.5 Å². The van der Waals surface area contributed by atoms with Crippen molar-refractivity contribution in [1.29, 1.82) is 0 Å². The summed E-state index contributed by atoms with van der Waals surface area (Å²) in [5.74, 6) is -0.664. The molecular formula is C9H12N2O5. The largest absolute Gasteiger partial charge is 0.466 e. The van der Waals surface area contributed by atoms with Crippen molar-refractivity contribution in [2.24, 2.45) is 5.73 Å². The van der Waals surface area contributed by atoms with E-state index >= 15 is 0 Å². The van der Waals surface area contributed by atoms with Crippen molar-refractivity contribution >= 4 is 11.9 Å². The van der Waals surface area contributed by atoms with Crippen LogP contribution in [0.3, 0.4) is 0 Å². The Labute approximate surface area is 91.3 Å². The fourth-order valence-corrected chi connectivity index (χ4v) is 1.14. The molecule has 0 aliphatic carbocycles. The Morgan fingerprint density at radius 3 is 2.88 bits per heavy atom. The minimum atomic E-state index is -0.729. The lowest BCUT2D eigenvalue weighted by molar-refractivity contribution is -0.402. The van der Waals surface area contributed by atoms with Crippen LogP contribution in [0.25, 0.3) is 0 Å². The van der Waals surface area contributed by atoms with E-state index in [1.54, 1.807) is 6.92 Å². The molecule has 0 unspecified atom stereocenters. The second kappa shape index (κ2) is 5.26. The van der Waals surface area contributed by atoms with Crippen LogP contribution in [0.4, 0.5) is 5.88 Å². The summed E-state index contributed by atoms with van der Waals surface area (Å²) in [6, 6.07) is 1.84. The highest BCUT2D eigenvalue weighted by atomic mass is 16.6. The first-order chi connectivity index (χ1) is 7.54. The highest BCUT2D eigenvalue weighted by molar-refractivity contribution is 5.70. The topological polar surface area (TPSA) is 109 Å². The molecule has 0 amide bonds. The maximum absolute atomic E-state index is 11.1. The predicted molar refractivity (Wildman–Crippen MR) is 53.5 cm³/mol. The standard InChI is InChI=1S/C9H12N2O5/c1-2-15-9(12)5-6(10)7-3-4-8(16-7)11(13)14/h3-4,6H,2,5,10H2,1H3/t6-/m1/s1. The number of carbonyl (C=O) groups is 1. The Hall–Kier alpha value is -1.89. The van der Waals surface area contributed by atoms with Gasteiger partial charge in [-0.05, 0) is 13.0 Å². The minimum Gasteiger partial charge on any atom is -0.466 e. The molecule has 88 valence electrons. The van der Waals surface area contributed by atoms with Gasteiger partial charge in [0.1, 0.15) is 10.7 Å². The van der Waals surface area contributed by atoms with Gasteiger partial charge in [0.05, 0.1) is 25.1 Å². The zero-order valence-electron chi connectivity index (χ0n) is 8.71. The van der Waals surface area contributed by atoms with E-state index in [0.29, 0.717) is 0 Å². The molecule has 0 saturated carbocycles. The first-order valence-corrected chi connectivity index (χ1v) is 4.70. The van der Waals surface area contributed by atoms with Gasteiger partial charge in [-0.2, -0.15) is 0 Å². The Bertz CT molecular complexity index is 387. The van der Waals surface area contributed by atoms with Gasteiger partial charge in [0.2, 0.25) is 0 Å². The van der Waals surface area contributed by atoms with Crippen LogP contribution >= 0.6 is 0 Å². The average Bonchev–Trinajstić information content (AvgIpc) is 2.66. The molecule has 7 nitrogen and oxygen atoms in total. The van der Waals surface area contributed by atoms with Crippen molar-refractivity contribution in [3.8, 4) is 0 Å². The molecule has 0 saturated heterocycles. The fourth-order valence-electron chi connectivity index (χ4n) is 1.14. The molecule has 1 aromatic rings. The van der Waals surface area contributed by atoms with Gasteiger partial charge >= 0.3 is 11.9 Å². The number of hydrogen-bond acceptors (Lipinski definition) is 6. The molecule has 0 aliphatic rings. The first-order valence-electron chi connectivity index (χ1n) is 4.70. The third kappa shape index (κ3) is 3.06. The molecule has 0 aromatic carbocycles. The van der Waals surface area contributed by atoms with Gasteiger partial charge in [-0.1, -0.05) is 0 Å². The van der Waals surface area contributed by atoms with Gasteiger partial charge in [-0.25, -0.2) is 0 Å². The third-order valence-corrected chi connectivity index (χ3v) is 1.85. The second-order valence-electron chi connectivity index (χ2n) is 3.05. The van der Waals surface area contributed by atoms with Crippen LogP contribution in [0.15, 0.2) is 16.5 Å². The fraction of sp³-hybridized carbons (Fsp3) is 0.444. The number of furan rings is 1. The quantitative estimate of drug-likeness (QED) is 0.459. The Balaban J connectivity index is 2.62. The zero-order valence-corrected chi connectivity index (χ0v) is 8.71. The van der Waals surface area contributed by atoms with Crippen molar-refractivity contribution < 1.29 is 18.9 Å². The molecule has 16 heavy (non-hydrogen) atoms. The SMILES string of the molecule is CCOC(=O)C[C@@H](N)c1ccc([N+](=O)[O-])o1. The van der Waals surface area contributed by atoms with Crippen molar-refractivity contribution in [2.75, 3.05) is 6.61 Å². The highest BCUT2D eigenvalue weighted by Gasteiger charge is 2.19. The van der Waals surface area contributed by atoms with Gasteiger partial charge in [-0.15, -0.1) is 0 Å². The van der Waals surface area contributed by atoms with E-state index in [-0.39, 0.29) is 18.8 Å². The van der Waals surface area contributed by atoms with Crippen molar-refractivity contribution in [3.05, 3.63) is 28.0 Å². The van der Waals surface area contributed by atoms with Crippen LogP contribution < -0.4 is 5.73 Å². The van der Waals surface area contributed by atoms with Gasteiger partial charge in [0.25, 0.3) is 0 Å². The average molecular weight is 228 g/mol. The molecule has 0 bridgehead atoms.